The van der Waals surface area contributed by atoms with Gasteiger partial charge in [0.15, 0.2) is 0 Å². The standard InChI is InChI=1S/C21H25BrFN5O/c1-13-10-17(23)19-18(13)20(26-12-25-19)27-6-8-28(9-7-27)21(29)16(11-24)14-2-4-15(22)5-3-14/h2-5,12-13,16-17H,6-11,24H2,1H3/t13-,16?,17+/m1/s1. The van der Waals surface area contributed by atoms with Crippen molar-refractivity contribution in [3.05, 3.63) is 51.9 Å². The number of hydrogen-bond acceptors (Lipinski definition) is 5. The zero-order valence-corrected chi connectivity index (χ0v) is 18.0. The Bertz CT molecular complexity index is 885. The van der Waals surface area contributed by atoms with E-state index in [2.05, 4.69) is 30.8 Å². The summed E-state index contributed by atoms with van der Waals surface area (Å²) in [6, 6.07) is 7.74. The second kappa shape index (κ2) is 8.36. The molecule has 1 fully saturated rings. The van der Waals surface area contributed by atoms with Crippen LogP contribution in [-0.2, 0) is 4.79 Å². The van der Waals surface area contributed by atoms with Crippen molar-refractivity contribution in [1.82, 2.24) is 14.9 Å². The van der Waals surface area contributed by atoms with E-state index in [9.17, 15) is 9.18 Å². The van der Waals surface area contributed by atoms with Crippen LogP contribution in [0.25, 0.3) is 0 Å². The summed E-state index contributed by atoms with van der Waals surface area (Å²) in [4.78, 5) is 25.7. The minimum Gasteiger partial charge on any atom is -0.353 e. The molecule has 6 nitrogen and oxygen atoms in total. The lowest BCUT2D eigenvalue weighted by molar-refractivity contribution is -0.132. The number of carbonyl (C=O) groups excluding carboxylic acids is 1. The maximum absolute atomic E-state index is 14.2. The summed E-state index contributed by atoms with van der Waals surface area (Å²) in [6.07, 6.45) is 0.903. The molecule has 1 aliphatic heterocycles. The Labute approximate surface area is 178 Å². The fourth-order valence-electron chi connectivity index (χ4n) is 4.35. The zero-order valence-electron chi connectivity index (χ0n) is 16.4. The van der Waals surface area contributed by atoms with Gasteiger partial charge in [0, 0.05) is 42.8 Å². The van der Waals surface area contributed by atoms with Gasteiger partial charge in [-0.3, -0.25) is 4.79 Å². The Hall–Kier alpha value is -2.06. The van der Waals surface area contributed by atoms with Crippen LogP contribution in [0.3, 0.4) is 0 Å². The topological polar surface area (TPSA) is 75.4 Å². The van der Waals surface area contributed by atoms with Gasteiger partial charge in [-0.15, -0.1) is 0 Å². The van der Waals surface area contributed by atoms with Crippen molar-refractivity contribution in [2.24, 2.45) is 5.73 Å². The number of hydrogen-bond donors (Lipinski definition) is 1. The predicted molar refractivity (Wildman–Crippen MR) is 114 cm³/mol. The van der Waals surface area contributed by atoms with Gasteiger partial charge >= 0.3 is 0 Å². The van der Waals surface area contributed by atoms with E-state index >= 15 is 0 Å². The van der Waals surface area contributed by atoms with Crippen LogP contribution in [-0.4, -0.2) is 53.5 Å². The van der Waals surface area contributed by atoms with Gasteiger partial charge in [0.1, 0.15) is 18.3 Å². The number of anilines is 1. The first kappa shape index (κ1) is 20.2. The van der Waals surface area contributed by atoms with Crippen molar-refractivity contribution in [2.75, 3.05) is 37.6 Å². The number of alkyl halides is 1. The Balaban J connectivity index is 1.46. The molecule has 0 spiro atoms. The van der Waals surface area contributed by atoms with Crippen LogP contribution < -0.4 is 10.6 Å². The summed E-state index contributed by atoms with van der Waals surface area (Å²) in [7, 11) is 0. The van der Waals surface area contributed by atoms with Crippen LogP contribution in [0, 0.1) is 0 Å². The highest BCUT2D eigenvalue weighted by Gasteiger charge is 2.35. The number of benzene rings is 1. The van der Waals surface area contributed by atoms with Gasteiger partial charge in [-0.2, -0.15) is 0 Å². The molecule has 154 valence electrons. The number of amides is 1. The van der Waals surface area contributed by atoms with Crippen molar-refractivity contribution in [2.45, 2.75) is 31.4 Å². The SMILES string of the molecule is C[C@@H]1C[C@H](F)c2ncnc(N3CCN(C(=O)C(CN)c4ccc(Br)cc4)CC3)c21. The predicted octanol–water partition coefficient (Wildman–Crippen LogP) is 3.15. The first-order valence-electron chi connectivity index (χ1n) is 9.97. The van der Waals surface area contributed by atoms with E-state index in [4.69, 9.17) is 5.73 Å². The summed E-state index contributed by atoms with van der Waals surface area (Å²) in [5, 5.41) is 0. The molecule has 3 atom stereocenters. The van der Waals surface area contributed by atoms with Crippen molar-refractivity contribution in [3.63, 3.8) is 0 Å². The van der Waals surface area contributed by atoms with Crippen LogP contribution in [0.5, 0.6) is 0 Å². The molecule has 1 saturated heterocycles. The minimum atomic E-state index is -1.01. The average Bonchev–Trinajstić information content (AvgIpc) is 3.04. The maximum atomic E-state index is 14.2. The van der Waals surface area contributed by atoms with Gasteiger partial charge in [0.2, 0.25) is 5.91 Å². The van der Waals surface area contributed by atoms with Crippen LogP contribution in [0.4, 0.5) is 10.2 Å². The lowest BCUT2D eigenvalue weighted by Crippen LogP contribution is -2.51. The van der Waals surface area contributed by atoms with E-state index in [1.807, 2.05) is 36.1 Å². The Morgan fingerprint density at radius 3 is 2.59 bits per heavy atom. The van der Waals surface area contributed by atoms with E-state index in [0.717, 1.165) is 21.4 Å². The molecule has 0 radical (unpaired) electrons. The van der Waals surface area contributed by atoms with Gasteiger partial charge in [-0.25, -0.2) is 14.4 Å². The Morgan fingerprint density at radius 2 is 1.93 bits per heavy atom. The van der Waals surface area contributed by atoms with Crippen molar-refractivity contribution in [3.8, 4) is 0 Å². The summed E-state index contributed by atoms with van der Waals surface area (Å²) in [5.41, 5.74) is 8.32. The van der Waals surface area contributed by atoms with E-state index in [1.165, 1.54) is 6.33 Å². The van der Waals surface area contributed by atoms with Crippen LogP contribution >= 0.6 is 15.9 Å². The smallest absolute Gasteiger partial charge is 0.231 e. The molecule has 4 rings (SSSR count). The van der Waals surface area contributed by atoms with Gasteiger partial charge in [0.25, 0.3) is 0 Å². The maximum Gasteiger partial charge on any atom is 0.231 e. The molecule has 1 aromatic carbocycles. The van der Waals surface area contributed by atoms with E-state index in [-0.39, 0.29) is 24.3 Å². The van der Waals surface area contributed by atoms with Crippen molar-refractivity contribution in [1.29, 1.82) is 0 Å². The molecule has 29 heavy (non-hydrogen) atoms. The van der Waals surface area contributed by atoms with Gasteiger partial charge < -0.3 is 15.5 Å². The quantitative estimate of drug-likeness (QED) is 0.756. The molecule has 2 heterocycles. The second-order valence-electron chi connectivity index (χ2n) is 7.75. The summed E-state index contributed by atoms with van der Waals surface area (Å²) >= 11 is 3.42. The molecule has 2 N–H and O–H groups in total. The highest BCUT2D eigenvalue weighted by atomic mass is 79.9. The molecule has 1 unspecified atom stereocenters. The molecule has 8 heteroatoms. The molecule has 1 amide bonds. The zero-order chi connectivity index (χ0) is 20.5. The molecule has 2 aromatic rings. The second-order valence-corrected chi connectivity index (χ2v) is 8.67. The molecule has 2 aliphatic rings. The molecular weight excluding hydrogens is 437 g/mol. The van der Waals surface area contributed by atoms with Crippen molar-refractivity contribution < 1.29 is 9.18 Å². The third-order valence-electron chi connectivity index (χ3n) is 5.94. The lowest BCUT2D eigenvalue weighted by atomic mass is 9.97. The third-order valence-corrected chi connectivity index (χ3v) is 6.47. The van der Waals surface area contributed by atoms with Crippen LogP contribution in [0.2, 0.25) is 0 Å². The average molecular weight is 462 g/mol. The number of nitrogens with two attached hydrogens (primary N) is 1. The fourth-order valence-corrected chi connectivity index (χ4v) is 4.61. The van der Waals surface area contributed by atoms with Crippen LogP contribution in [0.15, 0.2) is 35.1 Å². The first-order chi connectivity index (χ1) is 14.0. The highest BCUT2D eigenvalue weighted by molar-refractivity contribution is 9.10. The van der Waals surface area contributed by atoms with E-state index in [1.54, 1.807) is 0 Å². The number of carbonyl (C=O) groups is 1. The van der Waals surface area contributed by atoms with Gasteiger partial charge in [-0.1, -0.05) is 35.0 Å². The minimum absolute atomic E-state index is 0.0552. The number of nitrogens with zero attached hydrogens (tertiary/aromatic N) is 4. The van der Waals surface area contributed by atoms with E-state index in [0.29, 0.717) is 38.3 Å². The normalized spacial score (nSPS) is 22.5. The van der Waals surface area contributed by atoms with E-state index < -0.39 is 6.17 Å². The Morgan fingerprint density at radius 1 is 1.24 bits per heavy atom. The third kappa shape index (κ3) is 3.88. The molecule has 1 aromatic heterocycles. The largest absolute Gasteiger partial charge is 0.353 e. The lowest BCUT2D eigenvalue weighted by Gasteiger charge is -2.37. The number of fused-ring (bicyclic) bond motifs is 1. The highest BCUT2D eigenvalue weighted by Crippen LogP contribution is 2.44. The summed E-state index contributed by atoms with van der Waals surface area (Å²) in [5.74, 6) is 0.637. The van der Waals surface area contributed by atoms with Gasteiger partial charge in [-0.05, 0) is 30.0 Å². The first-order valence-corrected chi connectivity index (χ1v) is 10.8. The number of halogens is 2. The van der Waals surface area contributed by atoms with Gasteiger partial charge in [0.05, 0.1) is 11.6 Å². The summed E-state index contributed by atoms with van der Waals surface area (Å²) < 4.78 is 15.2. The number of piperazine rings is 1. The van der Waals surface area contributed by atoms with Crippen molar-refractivity contribution >= 4 is 27.7 Å². The Kier molecular flexibility index (Phi) is 5.83. The monoisotopic (exact) mass is 461 g/mol. The molecule has 0 saturated carbocycles. The molecule has 1 aliphatic carbocycles. The van der Waals surface area contributed by atoms with Crippen LogP contribution in [0.1, 0.15) is 48.2 Å². The molecular formula is C21H25BrFN5O. The number of aromatic nitrogens is 2. The summed E-state index contributed by atoms with van der Waals surface area (Å²) in [6.45, 7) is 4.81. The number of rotatable bonds is 4. The molecule has 0 bridgehead atoms. The fraction of sp³-hybridized carbons (Fsp3) is 0.476.